The van der Waals surface area contributed by atoms with Crippen molar-refractivity contribution in [2.45, 2.75) is 52.9 Å². The second-order valence-electron chi connectivity index (χ2n) is 7.72. The third-order valence-electron chi connectivity index (χ3n) is 4.78. The molecule has 0 bridgehead atoms. The standard InChI is InChI=1S/C25H29NO5/c1-5-29-23(25(27)28)13-18-7-9-20(10-8-18)30-15-19-14-26-22-11-6-17(4)12-21(22)24(19)31-16(2)3/h6-12,14,16,23H,5,13,15H2,1-4H3,(H,27,28). The van der Waals surface area contributed by atoms with Gasteiger partial charge in [0.2, 0.25) is 0 Å². The number of ether oxygens (including phenoxy) is 3. The molecule has 6 heteroatoms. The van der Waals surface area contributed by atoms with Gasteiger partial charge in [-0.2, -0.15) is 0 Å². The maximum atomic E-state index is 11.3. The van der Waals surface area contributed by atoms with Gasteiger partial charge < -0.3 is 19.3 Å². The Kier molecular flexibility index (Phi) is 7.47. The molecule has 1 N–H and O–H groups in total. The molecule has 1 heterocycles. The Labute approximate surface area is 182 Å². The fourth-order valence-electron chi connectivity index (χ4n) is 3.32. The van der Waals surface area contributed by atoms with Crippen molar-refractivity contribution in [3.8, 4) is 11.5 Å². The Hall–Kier alpha value is -3.12. The predicted molar refractivity (Wildman–Crippen MR) is 120 cm³/mol. The van der Waals surface area contributed by atoms with Crippen molar-refractivity contribution in [3.05, 3.63) is 65.4 Å². The van der Waals surface area contributed by atoms with E-state index in [-0.39, 0.29) is 6.10 Å². The third-order valence-corrected chi connectivity index (χ3v) is 4.78. The van der Waals surface area contributed by atoms with E-state index in [1.54, 1.807) is 13.1 Å². The molecule has 0 saturated heterocycles. The maximum absolute atomic E-state index is 11.3. The van der Waals surface area contributed by atoms with E-state index in [4.69, 9.17) is 14.2 Å². The number of aliphatic carboxylic acids is 1. The monoisotopic (exact) mass is 423 g/mol. The van der Waals surface area contributed by atoms with Gasteiger partial charge in [0, 0.05) is 24.6 Å². The number of aromatic nitrogens is 1. The molecular weight excluding hydrogens is 394 g/mol. The van der Waals surface area contributed by atoms with Gasteiger partial charge in [-0.1, -0.05) is 23.8 Å². The number of rotatable bonds is 10. The number of nitrogens with zero attached hydrogens (tertiary/aromatic N) is 1. The summed E-state index contributed by atoms with van der Waals surface area (Å²) in [5.74, 6) is 0.520. The molecule has 1 unspecified atom stereocenters. The molecule has 3 rings (SSSR count). The molecule has 3 aromatic rings. The lowest BCUT2D eigenvalue weighted by atomic mass is 10.1. The van der Waals surface area contributed by atoms with E-state index in [0.717, 1.165) is 33.3 Å². The van der Waals surface area contributed by atoms with Crippen LogP contribution in [0.3, 0.4) is 0 Å². The number of carboxylic acid groups (broad SMARTS) is 1. The minimum Gasteiger partial charge on any atom is -0.490 e. The summed E-state index contributed by atoms with van der Waals surface area (Å²) in [4.78, 5) is 15.8. The van der Waals surface area contributed by atoms with Crippen molar-refractivity contribution in [2.24, 2.45) is 0 Å². The number of hydrogen-bond donors (Lipinski definition) is 1. The minimum atomic E-state index is -0.959. The van der Waals surface area contributed by atoms with Gasteiger partial charge in [0.15, 0.2) is 6.10 Å². The summed E-state index contributed by atoms with van der Waals surface area (Å²) in [7, 11) is 0. The first-order valence-corrected chi connectivity index (χ1v) is 10.5. The lowest BCUT2D eigenvalue weighted by Crippen LogP contribution is -2.26. The van der Waals surface area contributed by atoms with E-state index in [2.05, 4.69) is 11.1 Å². The Balaban J connectivity index is 1.75. The van der Waals surface area contributed by atoms with Gasteiger partial charge in [-0.15, -0.1) is 0 Å². The van der Waals surface area contributed by atoms with E-state index in [9.17, 15) is 9.90 Å². The van der Waals surface area contributed by atoms with Crippen molar-refractivity contribution < 1.29 is 24.1 Å². The first kappa shape index (κ1) is 22.6. The summed E-state index contributed by atoms with van der Waals surface area (Å²) in [6.45, 7) is 8.50. The van der Waals surface area contributed by atoms with Gasteiger partial charge in [0.05, 0.1) is 17.2 Å². The molecule has 0 spiro atoms. The van der Waals surface area contributed by atoms with Crippen LogP contribution >= 0.6 is 0 Å². The van der Waals surface area contributed by atoms with Crippen LogP contribution in [0.2, 0.25) is 0 Å². The Morgan fingerprint density at radius 2 is 1.87 bits per heavy atom. The van der Waals surface area contributed by atoms with E-state index in [0.29, 0.717) is 25.4 Å². The average molecular weight is 424 g/mol. The van der Waals surface area contributed by atoms with Gasteiger partial charge in [0.25, 0.3) is 0 Å². The molecule has 0 aliphatic carbocycles. The van der Waals surface area contributed by atoms with Crippen molar-refractivity contribution in [2.75, 3.05) is 6.61 Å². The highest BCUT2D eigenvalue weighted by Gasteiger charge is 2.18. The zero-order valence-corrected chi connectivity index (χ0v) is 18.4. The molecule has 6 nitrogen and oxygen atoms in total. The van der Waals surface area contributed by atoms with Crippen LogP contribution in [0.15, 0.2) is 48.7 Å². The summed E-state index contributed by atoms with van der Waals surface area (Å²) in [5.41, 5.74) is 3.78. The molecule has 1 atom stereocenters. The van der Waals surface area contributed by atoms with Crippen molar-refractivity contribution in [1.82, 2.24) is 4.98 Å². The van der Waals surface area contributed by atoms with Crippen LogP contribution in [-0.2, 0) is 22.6 Å². The SMILES string of the molecule is CCOC(Cc1ccc(OCc2cnc3ccc(C)cc3c2OC(C)C)cc1)C(=O)O. The van der Waals surface area contributed by atoms with Gasteiger partial charge in [-0.3, -0.25) is 4.98 Å². The van der Waals surface area contributed by atoms with Gasteiger partial charge in [-0.05, 0) is 57.5 Å². The van der Waals surface area contributed by atoms with Crippen LogP contribution < -0.4 is 9.47 Å². The number of fused-ring (bicyclic) bond motifs is 1. The number of carboxylic acids is 1. The summed E-state index contributed by atoms with van der Waals surface area (Å²) < 4.78 is 17.4. The smallest absolute Gasteiger partial charge is 0.333 e. The van der Waals surface area contributed by atoms with Crippen LogP contribution in [0.25, 0.3) is 10.9 Å². The second-order valence-corrected chi connectivity index (χ2v) is 7.72. The van der Waals surface area contributed by atoms with Crippen LogP contribution in [0.1, 0.15) is 37.5 Å². The normalized spacial score (nSPS) is 12.2. The summed E-state index contributed by atoms with van der Waals surface area (Å²) >= 11 is 0. The number of aryl methyl sites for hydroxylation is 1. The third kappa shape index (κ3) is 5.95. The van der Waals surface area contributed by atoms with Crippen molar-refractivity contribution >= 4 is 16.9 Å². The molecular formula is C25H29NO5. The summed E-state index contributed by atoms with van der Waals surface area (Å²) in [5, 5.41) is 10.2. The molecule has 0 amide bonds. The first-order chi connectivity index (χ1) is 14.9. The highest BCUT2D eigenvalue weighted by atomic mass is 16.5. The largest absolute Gasteiger partial charge is 0.490 e. The first-order valence-electron chi connectivity index (χ1n) is 10.5. The molecule has 31 heavy (non-hydrogen) atoms. The highest BCUT2D eigenvalue weighted by molar-refractivity contribution is 5.86. The van der Waals surface area contributed by atoms with Crippen molar-refractivity contribution in [1.29, 1.82) is 0 Å². The molecule has 0 aliphatic rings. The van der Waals surface area contributed by atoms with E-state index >= 15 is 0 Å². The minimum absolute atomic E-state index is 0.0247. The fourth-order valence-corrected chi connectivity index (χ4v) is 3.32. The molecule has 0 aliphatic heterocycles. The Bertz CT molecular complexity index is 1030. The number of pyridine rings is 1. The van der Waals surface area contributed by atoms with Gasteiger partial charge in [-0.25, -0.2) is 4.79 Å². The Morgan fingerprint density at radius 3 is 2.52 bits per heavy atom. The zero-order chi connectivity index (χ0) is 22.4. The number of benzene rings is 2. The van der Waals surface area contributed by atoms with E-state index < -0.39 is 12.1 Å². The molecule has 2 aromatic carbocycles. The molecule has 1 aromatic heterocycles. The van der Waals surface area contributed by atoms with Crippen LogP contribution in [-0.4, -0.2) is 34.9 Å². The maximum Gasteiger partial charge on any atom is 0.333 e. The topological polar surface area (TPSA) is 77.9 Å². The average Bonchev–Trinajstić information content (AvgIpc) is 2.73. The Morgan fingerprint density at radius 1 is 1.13 bits per heavy atom. The number of carbonyl (C=O) groups is 1. The van der Waals surface area contributed by atoms with Gasteiger partial charge in [0.1, 0.15) is 18.1 Å². The second kappa shape index (κ2) is 10.3. The van der Waals surface area contributed by atoms with Crippen LogP contribution in [0, 0.1) is 6.92 Å². The van der Waals surface area contributed by atoms with Gasteiger partial charge >= 0.3 is 5.97 Å². The number of hydrogen-bond acceptors (Lipinski definition) is 5. The van der Waals surface area contributed by atoms with Crippen LogP contribution in [0.5, 0.6) is 11.5 Å². The van der Waals surface area contributed by atoms with E-state index in [1.165, 1.54) is 0 Å². The predicted octanol–water partition coefficient (Wildman–Crippen LogP) is 4.94. The lowest BCUT2D eigenvalue weighted by Gasteiger charge is -2.17. The summed E-state index contributed by atoms with van der Waals surface area (Å²) in [6.07, 6.45) is 1.28. The van der Waals surface area contributed by atoms with E-state index in [1.807, 2.05) is 57.2 Å². The molecule has 0 fully saturated rings. The highest BCUT2D eigenvalue weighted by Crippen LogP contribution is 2.31. The van der Waals surface area contributed by atoms with Crippen LogP contribution in [0.4, 0.5) is 0 Å². The lowest BCUT2D eigenvalue weighted by molar-refractivity contribution is -0.149. The van der Waals surface area contributed by atoms with Crippen molar-refractivity contribution in [3.63, 3.8) is 0 Å². The zero-order valence-electron chi connectivity index (χ0n) is 18.4. The quantitative estimate of drug-likeness (QED) is 0.498. The molecule has 0 saturated carbocycles. The summed E-state index contributed by atoms with van der Waals surface area (Å²) in [6, 6.07) is 13.5. The molecule has 0 radical (unpaired) electrons. The molecule has 164 valence electrons. The fraction of sp³-hybridized carbons (Fsp3) is 0.360.